The van der Waals surface area contributed by atoms with Crippen molar-refractivity contribution in [2.75, 3.05) is 6.61 Å². The van der Waals surface area contributed by atoms with Crippen molar-refractivity contribution < 1.29 is 4.74 Å². The summed E-state index contributed by atoms with van der Waals surface area (Å²) in [7, 11) is 0. The number of hydrogen-bond acceptors (Lipinski definition) is 2. The minimum atomic E-state index is 0.567. The van der Waals surface area contributed by atoms with E-state index in [4.69, 9.17) is 4.74 Å². The Labute approximate surface area is 94.2 Å². The van der Waals surface area contributed by atoms with Gasteiger partial charge in [-0.25, -0.2) is 0 Å². The van der Waals surface area contributed by atoms with E-state index in [1.807, 2.05) is 24.3 Å². The molecule has 16 heavy (non-hydrogen) atoms. The first kappa shape index (κ1) is 9.16. The number of hydrogen-bond donors (Lipinski definition) is 0. The highest BCUT2D eigenvalue weighted by Crippen LogP contribution is 2.33. The molecule has 0 atom stereocenters. The van der Waals surface area contributed by atoms with Gasteiger partial charge in [0, 0.05) is 6.21 Å². The van der Waals surface area contributed by atoms with E-state index in [2.05, 4.69) is 29.3 Å². The Morgan fingerprint density at radius 3 is 2.69 bits per heavy atom. The molecule has 0 saturated carbocycles. The molecule has 0 saturated heterocycles. The van der Waals surface area contributed by atoms with Gasteiger partial charge in [0.1, 0.15) is 18.0 Å². The lowest BCUT2D eigenvalue weighted by molar-refractivity contribution is 0.377. The van der Waals surface area contributed by atoms with Crippen LogP contribution < -0.4 is 4.74 Å². The molecule has 0 aromatic heterocycles. The molecule has 3 rings (SSSR count). The number of ether oxygens (including phenoxy) is 1. The number of rotatable bonds is 1. The SMILES string of the molecule is C1=Nc2cc(-c3ccccc3)ccc2OC1. The van der Waals surface area contributed by atoms with Crippen LogP contribution in [0.3, 0.4) is 0 Å². The zero-order valence-corrected chi connectivity index (χ0v) is 8.76. The molecule has 1 aliphatic rings. The average molecular weight is 209 g/mol. The lowest BCUT2D eigenvalue weighted by Crippen LogP contribution is -2.02. The summed E-state index contributed by atoms with van der Waals surface area (Å²) in [5.41, 5.74) is 3.28. The first-order chi connectivity index (χ1) is 7.93. The Hall–Kier alpha value is -2.09. The molecule has 0 spiro atoms. The van der Waals surface area contributed by atoms with E-state index in [9.17, 15) is 0 Å². The highest BCUT2D eigenvalue weighted by Gasteiger charge is 2.07. The topological polar surface area (TPSA) is 21.6 Å². The number of fused-ring (bicyclic) bond motifs is 1. The van der Waals surface area contributed by atoms with Crippen molar-refractivity contribution in [3.05, 3.63) is 48.5 Å². The van der Waals surface area contributed by atoms with Gasteiger partial charge in [-0.1, -0.05) is 36.4 Å². The van der Waals surface area contributed by atoms with Crippen LogP contribution in [0.2, 0.25) is 0 Å². The minimum absolute atomic E-state index is 0.567. The summed E-state index contributed by atoms with van der Waals surface area (Å²) in [5.74, 6) is 0.863. The predicted molar refractivity (Wildman–Crippen MR) is 65.5 cm³/mol. The molecule has 0 aliphatic carbocycles. The number of benzene rings is 2. The van der Waals surface area contributed by atoms with Crippen molar-refractivity contribution in [2.24, 2.45) is 4.99 Å². The van der Waals surface area contributed by atoms with Crippen LogP contribution in [0.5, 0.6) is 5.75 Å². The van der Waals surface area contributed by atoms with Crippen LogP contribution >= 0.6 is 0 Å². The van der Waals surface area contributed by atoms with Crippen LogP contribution in [0.15, 0.2) is 53.5 Å². The molecule has 0 amide bonds. The van der Waals surface area contributed by atoms with Gasteiger partial charge in [-0.3, -0.25) is 4.99 Å². The van der Waals surface area contributed by atoms with Crippen LogP contribution in [-0.2, 0) is 0 Å². The number of aliphatic imine (C=N–C) groups is 1. The molecular formula is C14H11NO. The second-order valence-corrected chi connectivity index (χ2v) is 3.67. The van der Waals surface area contributed by atoms with E-state index < -0.39 is 0 Å². The summed E-state index contributed by atoms with van der Waals surface area (Å²) in [4.78, 5) is 4.33. The fourth-order valence-electron chi connectivity index (χ4n) is 1.81. The molecule has 1 aliphatic heterocycles. The smallest absolute Gasteiger partial charge is 0.145 e. The summed E-state index contributed by atoms with van der Waals surface area (Å²) in [5, 5.41) is 0. The zero-order valence-electron chi connectivity index (χ0n) is 8.76. The summed E-state index contributed by atoms with van der Waals surface area (Å²) >= 11 is 0. The van der Waals surface area contributed by atoms with Crippen molar-refractivity contribution in [3.63, 3.8) is 0 Å². The van der Waals surface area contributed by atoms with E-state index in [0.717, 1.165) is 11.4 Å². The van der Waals surface area contributed by atoms with Crippen LogP contribution in [0.4, 0.5) is 5.69 Å². The van der Waals surface area contributed by atoms with Crippen LogP contribution in [0.25, 0.3) is 11.1 Å². The molecule has 0 bridgehead atoms. The molecule has 2 aromatic carbocycles. The number of nitrogens with zero attached hydrogens (tertiary/aromatic N) is 1. The predicted octanol–water partition coefficient (Wildman–Crippen LogP) is 3.45. The van der Waals surface area contributed by atoms with Gasteiger partial charge in [-0.2, -0.15) is 0 Å². The van der Waals surface area contributed by atoms with Gasteiger partial charge >= 0.3 is 0 Å². The Balaban J connectivity index is 2.08. The zero-order chi connectivity index (χ0) is 10.8. The Morgan fingerprint density at radius 2 is 1.81 bits per heavy atom. The fraction of sp³-hybridized carbons (Fsp3) is 0.0714. The van der Waals surface area contributed by atoms with E-state index >= 15 is 0 Å². The van der Waals surface area contributed by atoms with Crippen molar-refractivity contribution >= 4 is 11.9 Å². The van der Waals surface area contributed by atoms with Crippen LogP contribution in [0.1, 0.15) is 0 Å². The van der Waals surface area contributed by atoms with E-state index in [-0.39, 0.29) is 0 Å². The normalized spacial score (nSPS) is 13.0. The van der Waals surface area contributed by atoms with Gasteiger partial charge < -0.3 is 4.74 Å². The maximum Gasteiger partial charge on any atom is 0.145 e. The molecule has 0 N–H and O–H groups in total. The van der Waals surface area contributed by atoms with E-state index in [0.29, 0.717) is 6.61 Å². The van der Waals surface area contributed by atoms with Crippen LogP contribution in [0, 0.1) is 0 Å². The standard InChI is InChI=1S/C14H11NO/c1-2-4-11(5-3-1)12-6-7-14-13(10-12)15-8-9-16-14/h1-8,10H,9H2. The molecule has 2 nitrogen and oxygen atoms in total. The first-order valence-corrected chi connectivity index (χ1v) is 5.28. The largest absolute Gasteiger partial charge is 0.486 e. The van der Waals surface area contributed by atoms with Gasteiger partial charge in [-0.15, -0.1) is 0 Å². The van der Waals surface area contributed by atoms with Gasteiger partial charge in [0.25, 0.3) is 0 Å². The molecule has 1 heterocycles. The monoisotopic (exact) mass is 209 g/mol. The van der Waals surface area contributed by atoms with Crippen molar-refractivity contribution in [3.8, 4) is 16.9 Å². The summed E-state index contributed by atoms with van der Waals surface area (Å²) in [6, 6.07) is 16.4. The molecule has 2 heteroatoms. The summed E-state index contributed by atoms with van der Waals surface area (Å²) < 4.78 is 5.46. The molecule has 0 radical (unpaired) electrons. The molecule has 0 fully saturated rings. The quantitative estimate of drug-likeness (QED) is 0.705. The minimum Gasteiger partial charge on any atom is -0.486 e. The van der Waals surface area contributed by atoms with Gasteiger partial charge in [0.05, 0.1) is 0 Å². The molecule has 0 unspecified atom stereocenters. The third-order valence-electron chi connectivity index (χ3n) is 2.61. The maximum absolute atomic E-state index is 5.46. The maximum atomic E-state index is 5.46. The van der Waals surface area contributed by atoms with E-state index in [1.54, 1.807) is 6.21 Å². The lowest BCUT2D eigenvalue weighted by atomic mass is 10.0. The Bertz CT molecular complexity index is 532. The third kappa shape index (κ3) is 1.58. The average Bonchev–Trinajstić information content (AvgIpc) is 2.39. The summed E-state index contributed by atoms with van der Waals surface area (Å²) in [6.07, 6.45) is 1.79. The first-order valence-electron chi connectivity index (χ1n) is 5.28. The molecule has 2 aromatic rings. The van der Waals surface area contributed by atoms with Crippen molar-refractivity contribution in [1.82, 2.24) is 0 Å². The summed E-state index contributed by atoms with van der Waals surface area (Å²) in [6.45, 7) is 0.567. The molecule has 78 valence electrons. The third-order valence-corrected chi connectivity index (χ3v) is 2.61. The Kier molecular flexibility index (Phi) is 2.18. The van der Waals surface area contributed by atoms with Gasteiger partial charge in [0.2, 0.25) is 0 Å². The lowest BCUT2D eigenvalue weighted by Gasteiger charge is -2.12. The second kappa shape index (κ2) is 3.81. The van der Waals surface area contributed by atoms with E-state index in [1.165, 1.54) is 11.1 Å². The van der Waals surface area contributed by atoms with Crippen LogP contribution in [-0.4, -0.2) is 12.8 Å². The molecular weight excluding hydrogens is 198 g/mol. The van der Waals surface area contributed by atoms with Crippen molar-refractivity contribution in [2.45, 2.75) is 0 Å². The van der Waals surface area contributed by atoms with Gasteiger partial charge in [-0.05, 0) is 23.3 Å². The highest BCUT2D eigenvalue weighted by atomic mass is 16.5. The van der Waals surface area contributed by atoms with Gasteiger partial charge in [0.15, 0.2) is 0 Å². The fourth-order valence-corrected chi connectivity index (χ4v) is 1.81. The van der Waals surface area contributed by atoms with Crippen molar-refractivity contribution in [1.29, 1.82) is 0 Å². The Morgan fingerprint density at radius 1 is 0.938 bits per heavy atom. The second-order valence-electron chi connectivity index (χ2n) is 3.67. The highest BCUT2D eigenvalue weighted by molar-refractivity contribution is 5.76.